The van der Waals surface area contributed by atoms with Crippen molar-refractivity contribution in [3.8, 4) is 17.0 Å². The SMILES string of the molecule is CC(C)n1nnc(-c2c(Cl)cccc2Cl)c1COc1ccc(/C=C/c2cccc(C(=O)O)c2)c(Cl)c1. The smallest absolute Gasteiger partial charge is 0.335 e. The Labute approximate surface area is 223 Å². The number of aromatic carboxylic acids is 1. The standard InChI is InChI=1S/C27H22Cl3N3O3/c1-16(2)33-24(26(31-32-33)25-21(28)7-4-8-22(25)29)15-36-20-12-11-18(23(30)14-20)10-9-17-5-3-6-19(13-17)27(34)35/h3-14,16H,15H2,1-2H3,(H,34,35)/b10-9+. The van der Waals surface area contributed by atoms with Gasteiger partial charge < -0.3 is 9.84 Å². The second kappa shape index (κ2) is 11.2. The highest BCUT2D eigenvalue weighted by molar-refractivity contribution is 6.39. The van der Waals surface area contributed by atoms with Crippen molar-refractivity contribution in [2.75, 3.05) is 0 Å². The molecule has 184 valence electrons. The highest BCUT2D eigenvalue weighted by Gasteiger charge is 2.21. The first kappa shape index (κ1) is 25.8. The first-order chi connectivity index (χ1) is 17.2. The predicted molar refractivity (Wildman–Crippen MR) is 144 cm³/mol. The molecule has 1 N–H and O–H groups in total. The number of carboxylic acids is 1. The molecular formula is C27H22Cl3N3O3. The van der Waals surface area contributed by atoms with Crippen LogP contribution < -0.4 is 4.74 Å². The summed E-state index contributed by atoms with van der Waals surface area (Å²) in [5.41, 5.74) is 3.65. The molecule has 3 aromatic carbocycles. The lowest BCUT2D eigenvalue weighted by molar-refractivity contribution is 0.0697. The number of aromatic nitrogens is 3. The van der Waals surface area contributed by atoms with E-state index in [0.29, 0.717) is 32.1 Å². The summed E-state index contributed by atoms with van der Waals surface area (Å²) in [6.45, 7) is 4.18. The Morgan fingerprint density at radius 3 is 2.39 bits per heavy atom. The second-order valence-corrected chi connectivity index (χ2v) is 9.48. The number of hydrogen-bond donors (Lipinski definition) is 1. The molecule has 6 nitrogen and oxygen atoms in total. The van der Waals surface area contributed by atoms with Crippen molar-refractivity contribution in [3.63, 3.8) is 0 Å². The number of nitrogens with zero attached hydrogens (tertiary/aromatic N) is 3. The van der Waals surface area contributed by atoms with E-state index < -0.39 is 5.97 Å². The Balaban J connectivity index is 1.55. The van der Waals surface area contributed by atoms with Gasteiger partial charge in [0.05, 0.1) is 20.6 Å². The summed E-state index contributed by atoms with van der Waals surface area (Å²) in [5, 5.41) is 19.2. The van der Waals surface area contributed by atoms with Gasteiger partial charge in [0.2, 0.25) is 0 Å². The van der Waals surface area contributed by atoms with E-state index in [0.717, 1.165) is 16.8 Å². The van der Waals surface area contributed by atoms with Crippen LogP contribution in [0.5, 0.6) is 5.75 Å². The molecule has 9 heteroatoms. The fourth-order valence-corrected chi connectivity index (χ4v) is 4.44. The first-order valence-corrected chi connectivity index (χ1v) is 12.2. The van der Waals surface area contributed by atoms with Crippen molar-refractivity contribution < 1.29 is 14.6 Å². The maximum atomic E-state index is 11.2. The molecule has 0 atom stereocenters. The van der Waals surface area contributed by atoms with Gasteiger partial charge >= 0.3 is 5.97 Å². The normalized spacial score (nSPS) is 11.4. The summed E-state index contributed by atoms with van der Waals surface area (Å²) < 4.78 is 7.84. The quantitative estimate of drug-likeness (QED) is 0.229. The van der Waals surface area contributed by atoms with Gasteiger partial charge in [0.15, 0.2) is 0 Å². The molecule has 36 heavy (non-hydrogen) atoms. The minimum Gasteiger partial charge on any atom is -0.487 e. The molecule has 0 spiro atoms. The van der Waals surface area contributed by atoms with Crippen LogP contribution in [-0.2, 0) is 6.61 Å². The van der Waals surface area contributed by atoms with Crippen molar-refractivity contribution in [2.45, 2.75) is 26.5 Å². The number of rotatable bonds is 8. The van der Waals surface area contributed by atoms with Gasteiger partial charge in [0, 0.05) is 11.6 Å². The van der Waals surface area contributed by atoms with Gasteiger partial charge in [-0.05, 0) is 67.4 Å². The van der Waals surface area contributed by atoms with Crippen molar-refractivity contribution in [2.24, 2.45) is 0 Å². The number of hydrogen-bond acceptors (Lipinski definition) is 4. The van der Waals surface area contributed by atoms with E-state index in [1.807, 2.05) is 38.1 Å². The van der Waals surface area contributed by atoms with Crippen LogP contribution in [0.4, 0.5) is 0 Å². The van der Waals surface area contributed by atoms with Crippen LogP contribution in [-0.4, -0.2) is 26.1 Å². The average Bonchev–Trinajstić information content (AvgIpc) is 3.26. The molecule has 0 bridgehead atoms. The highest BCUT2D eigenvalue weighted by atomic mass is 35.5. The number of benzene rings is 3. The van der Waals surface area contributed by atoms with Gasteiger partial charge in [0.25, 0.3) is 0 Å². The molecule has 0 unspecified atom stereocenters. The Kier molecular flexibility index (Phi) is 7.99. The number of carboxylic acid groups (broad SMARTS) is 1. The van der Waals surface area contributed by atoms with E-state index in [-0.39, 0.29) is 18.2 Å². The van der Waals surface area contributed by atoms with Gasteiger partial charge in [-0.3, -0.25) is 0 Å². The zero-order chi connectivity index (χ0) is 25.8. The molecule has 1 aromatic heterocycles. The third kappa shape index (κ3) is 5.73. The summed E-state index contributed by atoms with van der Waals surface area (Å²) in [4.78, 5) is 11.2. The minimum atomic E-state index is -0.973. The van der Waals surface area contributed by atoms with E-state index in [4.69, 9.17) is 44.6 Å². The summed E-state index contributed by atoms with van der Waals surface area (Å²) in [7, 11) is 0. The fourth-order valence-electron chi connectivity index (χ4n) is 3.63. The number of ether oxygens (including phenoxy) is 1. The van der Waals surface area contributed by atoms with E-state index in [1.54, 1.807) is 53.2 Å². The summed E-state index contributed by atoms with van der Waals surface area (Å²) in [6, 6.07) is 17.4. The molecule has 0 amide bonds. The molecule has 0 radical (unpaired) electrons. The van der Waals surface area contributed by atoms with Crippen LogP contribution in [0.3, 0.4) is 0 Å². The Bertz CT molecular complexity index is 1430. The highest BCUT2D eigenvalue weighted by Crippen LogP contribution is 2.36. The molecule has 0 aliphatic carbocycles. The van der Waals surface area contributed by atoms with Crippen molar-refractivity contribution >= 4 is 52.9 Å². The molecule has 0 aliphatic rings. The summed E-state index contributed by atoms with van der Waals surface area (Å²) in [6.07, 6.45) is 3.63. The van der Waals surface area contributed by atoms with Crippen molar-refractivity contribution in [1.82, 2.24) is 15.0 Å². The molecule has 0 aliphatic heterocycles. The number of carbonyl (C=O) groups is 1. The van der Waals surface area contributed by atoms with E-state index in [2.05, 4.69) is 10.3 Å². The third-order valence-electron chi connectivity index (χ3n) is 5.42. The maximum Gasteiger partial charge on any atom is 0.335 e. The van der Waals surface area contributed by atoms with Crippen LogP contribution >= 0.6 is 34.8 Å². The van der Waals surface area contributed by atoms with E-state index >= 15 is 0 Å². The molecule has 1 heterocycles. The van der Waals surface area contributed by atoms with Crippen molar-refractivity contribution in [1.29, 1.82) is 0 Å². The molecule has 0 saturated heterocycles. The summed E-state index contributed by atoms with van der Waals surface area (Å²) >= 11 is 19.3. The number of halogens is 3. The topological polar surface area (TPSA) is 77.2 Å². The zero-order valence-corrected chi connectivity index (χ0v) is 21.7. The van der Waals surface area contributed by atoms with Crippen LogP contribution in [0, 0.1) is 0 Å². The van der Waals surface area contributed by atoms with Crippen LogP contribution in [0.1, 0.15) is 47.1 Å². The monoisotopic (exact) mass is 541 g/mol. The Hall–Kier alpha value is -3.32. The van der Waals surface area contributed by atoms with Gasteiger partial charge in [-0.1, -0.05) is 70.4 Å². The van der Waals surface area contributed by atoms with Crippen LogP contribution in [0.15, 0.2) is 60.7 Å². The van der Waals surface area contributed by atoms with Gasteiger partial charge in [-0.15, -0.1) is 5.10 Å². The van der Waals surface area contributed by atoms with E-state index in [9.17, 15) is 4.79 Å². The van der Waals surface area contributed by atoms with E-state index in [1.165, 1.54) is 0 Å². The van der Waals surface area contributed by atoms with Crippen molar-refractivity contribution in [3.05, 3.63) is 98.1 Å². The largest absolute Gasteiger partial charge is 0.487 e. The third-order valence-corrected chi connectivity index (χ3v) is 6.37. The summed E-state index contributed by atoms with van der Waals surface area (Å²) in [5.74, 6) is -0.406. The second-order valence-electron chi connectivity index (χ2n) is 8.26. The van der Waals surface area contributed by atoms with Gasteiger partial charge in [-0.25, -0.2) is 9.48 Å². The molecular weight excluding hydrogens is 521 g/mol. The molecule has 0 saturated carbocycles. The Morgan fingerprint density at radius 2 is 1.72 bits per heavy atom. The lowest BCUT2D eigenvalue weighted by Crippen LogP contribution is -2.10. The maximum absolute atomic E-state index is 11.2. The van der Waals surface area contributed by atoms with Gasteiger partial charge in [-0.2, -0.15) is 0 Å². The minimum absolute atomic E-state index is 0.0434. The predicted octanol–water partition coefficient (Wildman–Crippen LogP) is 7.93. The van der Waals surface area contributed by atoms with Gasteiger partial charge in [0.1, 0.15) is 23.7 Å². The zero-order valence-electron chi connectivity index (χ0n) is 19.5. The molecule has 4 rings (SSSR count). The molecule has 0 fully saturated rings. The van der Waals surface area contributed by atoms with Crippen LogP contribution in [0.2, 0.25) is 15.1 Å². The average molecular weight is 543 g/mol. The lowest BCUT2D eigenvalue weighted by atomic mass is 10.1. The van der Waals surface area contributed by atoms with Crippen LogP contribution in [0.25, 0.3) is 23.4 Å². The Morgan fingerprint density at radius 1 is 1.00 bits per heavy atom. The lowest BCUT2D eigenvalue weighted by Gasteiger charge is -2.14. The first-order valence-electron chi connectivity index (χ1n) is 11.1. The molecule has 4 aromatic rings. The fraction of sp³-hybridized carbons (Fsp3) is 0.148.